The molecule has 3 nitrogen and oxygen atoms in total. The molecule has 0 aliphatic rings. The van der Waals surface area contributed by atoms with Crippen molar-refractivity contribution in [3.63, 3.8) is 0 Å². The first-order chi connectivity index (χ1) is 4.85. The largest absolute Gasteiger partial charge is 0.327 e. The molecule has 0 heterocycles. The van der Waals surface area contributed by atoms with E-state index >= 15 is 0 Å². The second kappa shape index (κ2) is 5.73. The smallest absolute Gasteiger partial charge is 0.105 e. The molecule has 0 radical (unpaired) electrons. The lowest BCUT2D eigenvalue weighted by Crippen LogP contribution is -1.93. The third-order valence-corrected chi connectivity index (χ3v) is 0.783. The molecule has 0 aromatic carbocycles. The standard InChI is InChI=1S/C7H8N2O/c1-2-3-4-7(9-10)5-6-8/h1,3-5H,6,8H2/b4-3-,7-5-. The van der Waals surface area contributed by atoms with E-state index in [0.29, 0.717) is 0 Å². The van der Waals surface area contributed by atoms with Gasteiger partial charge in [-0.05, 0) is 23.4 Å². The molecular formula is C7H8N2O. The van der Waals surface area contributed by atoms with Gasteiger partial charge >= 0.3 is 0 Å². The van der Waals surface area contributed by atoms with Crippen molar-refractivity contribution < 1.29 is 0 Å². The van der Waals surface area contributed by atoms with Gasteiger partial charge in [0.05, 0.1) is 0 Å². The Morgan fingerprint density at radius 3 is 2.90 bits per heavy atom. The first kappa shape index (κ1) is 8.60. The number of terminal acetylenes is 1. The highest BCUT2D eigenvalue weighted by Crippen LogP contribution is 1.95. The first-order valence-electron chi connectivity index (χ1n) is 2.71. The summed E-state index contributed by atoms with van der Waals surface area (Å²) in [5.74, 6) is 2.23. The Balaban J connectivity index is 4.11. The number of hydrogen-bond acceptors (Lipinski definition) is 3. The second-order valence-corrected chi connectivity index (χ2v) is 1.46. The van der Waals surface area contributed by atoms with Crippen LogP contribution in [0.3, 0.4) is 0 Å². The van der Waals surface area contributed by atoms with Crippen LogP contribution < -0.4 is 5.73 Å². The summed E-state index contributed by atoms with van der Waals surface area (Å²) in [5.41, 5.74) is 5.38. The monoisotopic (exact) mass is 136 g/mol. The lowest BCUT2D eigenvalue weighted by atomic mass is 10.3. The predicted octanol–water partition coefficient (Wildman–Crippen LogP) is 0.785. The summed E-state index contributed by atoms with van der Waals surface area (Å²) < 4.78 is 0. The molecule has 0 unspecified atom stereocenters. The lowest BCUT2D eigenvalue weighted by Gasteiger charge is -1.83. The molecule has 0 aliphatic carbocycles. The number of allylic oxidation sites excluding steroid dienone is 2. The van der Waals surface area contributed by atoms with E-state index in [1.165, 1.54) is 18.2 Å². The fourth-order valence-corrected chi connectivity index (χ4v) is 0.390. The van der Waals surface area contributed by atoms with E-state index in [0.717, 1.165) is 0 Å². The maximum atomic E-state index is 9.91. The van der Waals surface area contributed by atoms with Crippen LogP contribution in [-0.4, -0.2) is 6.54 Å². The van der Waals surface area contributed by atoms with Gasteiger partial charge in [0.15, 0.2) is 0 Å². The van der Waals surface area contributed by atoms with Gasteiger partial charge in [-0.15, -0.1) is 11.3 Å². The molecule has 0 rings (SSSR count). The maximum absolute atomic E-state index is 9.91. The molecule has 10 heavy (non-hydrogen) atoms. The fourth-order valence-electron chi connectivity index (χ4n) is 0.390. The summed E-state index contributed by atoms with van der Waals surface area (Å²) >= 11 is 0. The Labute approximate surface area is 59.6 Å². The van der Waals surface area contributed by atoms with Gasteiger partial charge < -0.3 is 5.73 Å². The van der Waals surface area contributed by atoms with Crippen molar-refractivity contribution in [3.8, 4) is 12.3 Å². The minimum atomic E-state index is 0.264. The van der Waals surface area contributed by atoms with E-state index < -0.39 is 0 Å². The van der Waals surface area contributed by atoms with E-state index in [9.17, 15) is 4.91 Å². The van der Waals surface area contributed by atoms with Crippen molar-refractivity contribution in [2.45, 2.75) is 0 Å². The second-order valence-electron chi connectivity index (χ2n) is 1.46. The van der Waals surface area contributed by atoms with Crippen molar-refractivity contribution in [1.29, 1.82) is 0 Å². The molecule has 0 aliphatic heterocycles. The summed E-state index contributed by atoms with van der Waals surface area (Å²) in [4.78, 5) is 9.91. The quantitative estimate of drug-likeness (QED) is 0.354. The van der Waals surface area contributed by atoms with Crippen LogP contribution in [0.2, 0.25) is 0 Å². The van der Waals surface area contributed by atoms with Gasteiger partial charge in [0.1, 0.15) is 5.70 Å². The molecule has 0 aromatic rings. The number of hydrogen-bond donors (Lipinski definition) is 1. The molecule has 0 aromatic heterocycles. The Kier molecular flexibility index (Phi) is 4.93. The maximum Gasteiger partial charge on any atom is 0.105 e. The molecule has 2 N–H and O–H groups in total. The van der Waals surface area contributed by atoms with Gasteiger partial charge in [-0.3, -0.25) is 0 Å². The molecule has 52 valence electrons. The molecule has 0 amide bonds. The average Bonchev–Trinajstić information content (AvgIpc) is 1.98. The highest BCUT2D eigenvalue weighted by atomic mass is 16.3. The molecule has 0 saturated carbocycles. The number of nitroso groups, excluding NO2 is 1. The van der Waals surface area contributed by atoms with Gasteiger partial charge in [-0.25, -0.2) is 0 Å². The molecule has 0 spiro atoms. The fraction of sp³-hybridized carbons (Fsp3) is 0.143. The van der Waals surface area contributed by atoms with Crippen LogP contribution in [-0.2, 0) is 0 Å². The molecule has 0 atom stereocenters. The highest BCUT2D eigenvalue weighted by Gasteiger charge is 1.84. The Morgan fingerprint density at radius 2 is 2.50 bits per heavy atom. The van der Waals surface area contributed by atoms with Gasteiger partial charge in [0.2, 0.25) is 0 Å². The topological polar surface area (TPSA) is 55.4 Å². The highest BCUT2D eigenvalue weighted by molar-refractivity contribution is 5.23. The van der Waals surface area contributed by atoms with E-state index in [1.807, 2.05) is 0 Å². The van der Waals surface area contributed by atoms with Gasteiger partial charge in [0.25, 0.3) is 0 Å². The summed E-state index contributed by atoms with van der Waals surface area (Å²) in [6.45, 7) is 0.288. The zero-order chi connectivity index (χ0) is 7.82. The van der Waals surface area contributed by atoms with Crippen LogP contribution in [0.25, 0.3) is 0 Å². The van der Waals surface area contributed by atoms with E-state index in [-0.39, 0.29) is 12.2 Å². The van der Waals surface area contributed by atoms with Crippen molar-refractivity contribution in [2.75, 3.05) is 6.54 Å². The Bertz CT molecular complexity index is 198. The van der Waals surface area contributed by atoms with Crippen molar-refractivity contribution in [3.05, 3.63) is 28.8 Å². The van der Waals surface area contributed by atoms with Gasteiger partial charge in [-0.2, -0.15) is 0 Å². The summed E-state index contributed by atoms with van der Waals surface area (Å²) in [5, 5.41) is 2.66. The SMILES string of the molecule is C#C/C=C\C(=C\CN)N=O. The summed E-state index contributed by atoms with van der Waals surface area (Å²) in [6, 6.07) is 0. The van der Waals surface area contributed by atoms with E-state index in [2.05, 4.69) is 11.1 Å². The first-order valence-corrected chi connectivity index (χ1v) is 2.71. The number of nitrogens with zero attached hydrogens (tertiary/aromatic N) is 1. The summed E-state index contributed by atoms with van der Waals surface area (Å²) in [6.07, 6.45) is 9.20. The van der Waals surface area contributed by atoms with E-state index in [1.54, 1.807) is 0 Å². The molecular weight excluding hydrogens is 128 g/mol. The zero-order valence-electron chi connectivity index (χ0n) is 5.45. The predicted molar refractivity (Wildman–Crippen MR) is 40.9 cm³/mol. The van der Waals surface area contributed by atoms with Crippen molar-refractivity contribution >= 4 is 0 Å². The minimum absolute atomic E-state index is 0.264. The third kappa shape index (κ3) is 3.58. The van der Waals surface area contributed by atoms with Crippen LogP contribution in [0.5, 0.6) is 0 Å². The van der Waals surface area contributed by atoms with Gasteiger partial charge in [-0.1, -0.05) is 5.92 Å². The molecule has 3 heteroatoms. The molecule has 0 bridgehead atoms. The van der Waals surface area contributed by atoms with Crippen LogP contribution >= 0.6 is 0 Å². The number of nitrogens with two attached hydrogens (primary N) is 1. The van der Waals surface area contributed by atoms with Crippen molar-refractivity contribution in [1.82, 2.24) is 0 Å². The van der Waals surface area contributed by atoms with Crippen LogP contribution in [0.1, 0.15) is 0 Å². The molecule has 0 fully saturated rings. The lowest BCUT2D eigenvalue weighted by molar-refractivity contribution is 1.21. The summed E-state index contributed by atoms with van der Waals surface area (Å²) in [7, 11) is 0. The zero-order valence-corrected chi connectivity index (χ0v) is 5.45. The molecule has 0 saturated heterocycles. The van der Waals surface area contributed by atoms with Crippen molar-refractivity contribution in [2.24, 2.45) is 10.9 Å². The Hall–Kier alpha value is -1.40. The third-order valence-electron chi connectivity index (χ3n) is 0.783. The minimum Gasteiger partial charge on any atom is -0.327 e. The van der Waals surface area contributed by atoms with E-state index in [4.69, 9.17) is 12.2 Å². The Morgan fingerprint density at radius 1 is 1.80 bits per heavy atom. The van der Waals surface area contributed by atoms with Crippen LogP contribution in [0.15, 0.2) is 29.1 Å². The van der Waals surface area contributed by atoms with Crippen LogP contribution in [0.4, 0.5) is 0 Å². The van der Waals surface area contributed by atoms with Gasteiger partial charge in [0, 0.05) is 6.54 Å². The number of rotatable bonds is 3. The average molecular weight is 136 g/mol. The van der Waals surface area contributed by atoms with Crippen LogP contribution in [0, 0.1) is 17.3 Å². The normalized spacial score (nSPS) is 11.4.